The highest BCUT2D eigenvalue weighted by Crippen LogP contribution is 2.36. The van der Waals surface area contributed by atoms with Crippen molar-refractivity contribution in [2.45, 2.75) is 37.3 Å². The highest BCUT2D eigenvalue weighted by atomic mass is 35.5. The summed E-state index contributed by atoms with van der Waals surface area (Å²) in [5, 5.41) is 17.8. The number of hydrogen-bond donors (Lipinski definition) is 4. The van der Waals surface area contributed by atoms with Crippen molar-refractivity contribution in [3.8, 4) is 0 Å². The summed E-state index contributed by atoms with van der Waals surface area (Å²) in [5.74, 6) is -1.65. The van der Waals surface area contributed by atoms with Crippen LogP contribution in [0, 0.1) is 0 Å². The predicted molar refractivity (Wildman–Crippen MR) is 155 cm³/mol. The molecule has 0 saturated carbocycles. The van der Waals surface area contributed by atoms with Crippen LogP contribution in [0.5, 0.6) is 0 Å². The molecule has 208 valence electrons. The van der Waals surface area contributed by atoms with E-state index in [4.69, 9.17) is 23.2 Å². The first-order valence-electron chi connectivity index (χ1n) is 13.2. The smallest absolute Gasteiger partial charge is 0.328 e. The number of hydrogen-bond acceptors (Lipinski definition) is 4. The first kappa shape index (κ1) is 27.8. The molecule has 0 bridgehead atoms. The number of carboxylic acid groups (broad SMARTS) is 1. The standard InChI is InChI=1S/C30H30Cl2N4O4/c31-23-14-21(36-13-12-20(17-36)18-6-2-1-3-7-18)15-24(32)27(23)28(37)34-26(29(38)39)16-33-30(40)35-25-11-10-19-8-4-5-9-22(19)25/h1-9,14-15,20,25-26H,10-13,16-17H2,(H,34,37)(H,38,39)(H2,33,35,40)/t20?,25-,26+/m1/s1. The molecule has 2 aliphatic rings. The molecule has 10 heteroatoms. The van der Waals surface area contributed by atoms with Crippen LogP contribution in [-0.4, -0.2) is 48.7 Å². The van der Waals surface area contributed by atoms with E-state index in [9.17, 15) is 19.5 Å². The number of urea groups is 1. The van der Waals surface area contributed by atoms with Crippen LogP contribution in [0.3, 0.4) is 0 Å². The van der Waals surface area contributed by atoms with Crippen molar-refractivity contribution in [3.05, 3.63) is 99.0 Å². The van der Waals surface area contributed by atoms with Gasteiger partial charge in [-0.15, -0.1) is 0 Å². The molecule has 40 heavy (non-hydrogen) atoms. The van der Waals surface area contributed by atoms with E-state index in [0.717, 1.165) is 43.6 Å². The summed E-state index contributed by atoms with van der Waals surface area (Å²) in [6, 6.07) is 19.5. The number of benzene rings is 3. The largest absolute Gasteiger partial charge is 0.480 e. The molecule has 4 N–H and O–H groups in total. The van der Waals surface area contributed by atoms with Gasteiger partial charge in [-0.25, -0.2) is 9.59 Å². The first-order valence-corrected chi connectivity index (χ1v) is 14.0. The van der Waals surface area contributed by atoms with Gasteiger partial charge in [0.05, 0.1) is 28.2 Å². The number of nitrogens with zero attached hydrogens (tertiary/aromatic N) is 1. The van der Waals surface area contributed by atoms with Crippen LogP contribution >= 0.6 is 23.2 Å². The normalized spacial score (nSPS) is 18.6. The summed E-state index contributed by atoms with van der Waals surface area (Å²) in [4.78, 5) is 39.6. The molecule has 1 saturated heterocycles. The average molecular weight is 582 g/mol. The lowest BCUT2D eigenvalue weighted by Gasteiger charge is -2.21. The SMILES string of the molecule is O=C(NC[C@H](NC(=O)c1c(Cl)cc(N2CCC(c3ccccc3)C2)cc1Cl)C(=O)O)N[C@@H]1CCc2ccccc21. The molecule has 1 aliphatic carbocycles. The number of carbonyl (C=O) groups excluding carboxylic acids is 2. The Balaban J connectivity index is 1.19. The number of nitrogens with one attached hydrogen (secondary N) is 3. The molecule has 3 amide bonds. The number of rotatable bonds is 8. The number of aryl methyl sites for hydroxylation is 1. The lowest BCUT2D eigenvalue weighted by atomic mass is 9.99. The zero-order valence-corrected chi connectivity index (χ0v) is 23.2. The number of amides is 3. The van der Waals surface area contributed by atoms with Gasteiger partial charge in [-0.2, -0.15) is 0 Å². The van der Waals surface area contributed by atoms with Gasteiger partial charge >= 0.3 is 12.0 Å². The fourth-order valence-corrected chi connectivity index (χ4v) is 6.14. The van der Waals surface area contributed by atoms with Crippen molar-refractivity contribution in [1.82, 2.24) is 16.0 Å². The van der Waals surface area contributed by atoms with Gasteiger partial charge in [0.25, 0.3) is 5.91 Å². The van der Waals surface area contributed by atoms with E-state index in [1.54, 1.807) is 12.1 Å². The van der Waals surface area contributed by atoms with Gasteiger partial charge in [0.1, 0.15) is 6.04 Å². The number of fused-ring (bicyclic) bond motifs is 1. The minimum Gasteiger partial charge on any atom is -0.480 e. The van der Waals surface area contributed by atoms with Crippen molar-refractivity contribution >= 4 is 46.8 Å². The molecule has 1 aliphatic heterocycles. The molecule has 5 rings (SSSR count). The minimum absolute atomic E-state index is 0.0100. The molecule has 3 aromatic rings. The summed E-state index contributed by atoms with van der Waals surface area (Å²) in [5.41, 5.74) is 4.30. The summed E-state index contributed by atoms with van der Waals surface area (Å²) in [7, 11) is 0. The van der Waals surface area contributed by atoms with E-state index in [0.29, 0.717) is 5.92 Å². The molecule has 8 nitrogen and oxygen atoms in total. The quantitative estimate of drug-likeness (QED) is 0.294. The third-order valence-corrected chi connectivity index (χ3v) is 8.18. The maximum absolute atomic E-state index is 13.0. The third kappa shape index (κ3) is 6.18. The van der Waals surface area contributed by atoms with Crippen molar-refractivity contribution in [2.24, 2.45) is 0 Å². The van der Waals surface area contributed by atoms with Crippen LogP contribution in [0.4, 0.5) is 10.5 Å². The van der Waals surface area contributed by atoms with E-state index in [2.05, 4.69) is 33.0 Å². The van der Waals surface area contributed by atoms with Crippen LogP contribution in [0.2, 0.25) is 10.0 Å². The Bertz CT molecular complexity index is 1390. The summed E-state index contributed by atoms with van der Waals surface area (Å²) < 4.78 is 0. The third-order valence-electron chi connectivity index (χ3n) is 7.59. The molecule has 0 spiro atoms. The minimum atomic E-state index is -1.38. The topological polar surface area (TPSA) is 111 Å². The Morgan fingerprint density at radius 2 is 1.68 bits per heavy atom. The second-order valence-electron chi connectivity index (χ2n) is 10.1. The number of carbonyl (C=O) groups is 3. The van der Waals surface area contributed by atoms with Crippen LogP contribution in [0.25, 0.3) is 0 Å². The summed E-state index contributed by atoms with van der Waals surface area (Å²) >= 11 is 13.0. The van der Waals surface area contributed by atoms with E-state index >= 15 is 0 Å². The zero-order chi connectivity index (χ0) is 28.2. The summed E-state index contributed by atoms with van der Waals surface area (Å²) in [6.07, 6.45) is 2.61. The van der Waals surface area contributed by atoms with Crippen LogP contribution < -0.4 is 20.9 Å². The monoisotopic (exact) mass is 580 g/mol. The molecule has 0 aromatic heterocycles. The Morgan fingerprint density at radius 1 is 0.975 bits per heavy atom. The van der Waals surface area contributed by atoms with Gasteiger partial charge in [0.15, 0.2) is 0 Å². The number of halogens is 2. The predicted octanol–water partition coefficient (Wildman–Crippen LogP) is 5.16. The molecule has 0 radical (unpaired) electrons. The second kappa shape index (κ2) is 12.2. The molecular weight excluding hydrogens is 551 g/mol. The van der Waals surface area contributed by atoms with Crippen LogP contribution in [0.15, 0.2) is 66.7 Å². The second-order valence-corrected chi connectivity index (χ2v) is 10.9. The van der Waals surface area contributed by atoms with E-state index in [-0.39, 0.29) is 28.2 Å². The van der Waals surface area contributed by atoms with Gasteiger partial charge in [-0.1, -0.05) is 77.8 Å². The van der Waals surface area contributed by atoms with E-state index in [1.807, 2.05) is 42.5 Å². The molecule has 3 aromatic carbocycles. The van der Waals surface area contributed by atoms with Crippen molar-refractivity contribution < 1.29 is 19.5 Å². The lowest BCUT2D eigenvalue weighted by molar-refractivity contribution is -0.139. The number of anilines is 1. The fraction of sp³-hybridized carbons (Fsp3) is 0.300. The highest BCUT2D eigenvalue weighted by Gasteiger charge is 2.29. The molecule has 1 fully saturated rings. The number of aliphatic carboxylic acids is 1. The Kier molecular flexibility index (Phi) is 8.47. The lowest BCUT2D eigenvalue weighted by Crippen LogP contribution is -2.50. The average Bonchev–Trinajstić information content (AvgIpc) is 3.59. The molecule has 1 unspecified atom stereocenters. The molecular formula is C30H30Cl2N4O4. The Labute approximate surface area is 242 Å². The van der Waals surface area contributed by atoms with Gasteiger partial charge in [-0.3, -0.25) is 4.79 Å². The van der Waals surface area contributed by atoms with Gasteiger partial charge < -0.3 is 26.0 Å². The maximum Gasteiger partial charge on any atom is 0.328 e. The first-order chi connectivity index (χ1) is 19.3. The van der Waals surface area contributed by atoms with E-state index in [1.165, 1.54) is 11.1 Å². The zero-order valence-electron chi connectivity index (χ0n) is 21.7. The highest BCUT2D eigenvalue weighted by molar-refractivity contribution is 6.40. The van der Waals surface area contributed by atoms with Crippen LogP contribution in [-0.2, 0) is 11.2 Å². The van der Waals surface area contributed by atoms with Gasteiger partial charge in [-0.05, 0) is 48.1 Å². The number of carboxylic acids is 1. The fourth-order valence-electron chi connectivity index (χ4n) is 5.49. The summed E-state index contributed by atoms with van der Waals surface area (Å²) in [6.45, 7) is 1.30. The van der Waals surface area contributed by atoms with Crippen molar-refractivity contribution in [3.63, 3.8) is 0 Å². The Hall–Kier alpha value is -3.75. The van der Waals surface area contributed by atoms with Gasteiger partial charge in [0.2, 0.25) is 0 Å². The Morgan fingerprint density at radius 3 is 2.40 bits per heavy atom. The van der Waals surface area contributed by atoms with Crippen molar-refractivity contribution in [2.75, 3.05) is 24.5 Å². The van der Waals surface area contributed by atoms with E-state index < -0.39 is 23.9 Å². The van der Waals surface area contributed by atoms with Crippen LogP contribution in [0.1, 0.15) is 51.8 Å². The van der Waals surface area contributed by atoms with Gasteiger partial charge in [0, 0.05) is 24.7 Å². The maximum atomic E-state index is 13.0. The molecule has 3 atom stereocenters. The molecule has 1 heterocycles. The van der Waals surface area contributed by atoms with Crippen molar-refractivity contribution in [1.29, 1.82) is 0 Å².